The van der Waals surface area contributed by atoms with Crippen molar-refractivity contribution in [2.24, 2.45) is 5.41 Å². The Labute approximate surface area is 80.8 Å². The average molecular weight is 184 g/mol. The average Bonchev–Trinajstić information content (AvgIpc) is 2.00. The standard InChI is InChI=1S/C10H20N2O/c1-9(13)7-12-8-10(2,3)5-4-6-11/h9,12-13H,4-5,7-8H2,1-3H3/t9-/m0/s1. The summed E-state index contributed by atoms with van der Waals surface area (Å²) in [7, 11) is 0. The van der Waals surface area contributed by atoms with Gasteiger partial charge in [-0.2, -0.15) is 5.26 Å². The molecule has 2 N–H and O–H groups in total. The summed E-state index contributed by atoms with van der Waals surface area (Å²) in [5, 5.41) is 20.6. The van der Waals surface area contributed by atoms with E-state index in [2.05, 4.69) is 25.2 Å². The highest BCUT2D eigenvalue weighted by molar-refractivity contribution is 4.78. The van der Waals surface area contributed by atoms with Crippen LogP contribution in [0.3, 0.4) is 0 Å². The zero-order valence-corrected chi connectivity index (χ0v) is 8.80. The number of nitrogens with one attached hydrogen (secondary N) is 1. The summed E-state index contributed by atoms with van der Waals surface area (Å²) >= 11 is 0. The van der Waals surface area contributed by atoms with Crippen molar-refractivity contribution in [1.82, 2.24) is 5.32 Å². The first-order chi connectivity index (χ1) is 5.98. The summed E-state index contributed by atoms with van der Waals surface area (Å²) in [6.07, 6.45) is 1.20. The van der Waals surface area contributed by atoms with E-state index in [0.29, 0.717) is 13.0 Å². The van der Waals surface area contributed by atoms with Gasteiger partial charge >= 0.3 is 0 Å². The number of aliphatic hydroxyl groups excluding tert-OH is 1. The van der Waals surface area contributed by atoms with Crippen LogP contribution in [0.25, 0.3) is 0 Å². The van der Waals surface area contributed by atoms with Gasteiger partial charge in [-0.25, -0.2) is 0 Å². The highest BCUT2D eigenvalue weighted by Gasteiger charge is 2.16. The number of nitrogens with zero attached hydrogens (tertiary/aromatic N) is 1. The predicted molar refractivity (Wildman–Crippen MR) is 53.2 cm³/mol. The van der Waals surface area contributed by atoms with Crippen molar-refractivity contribution in [1.29, 1.82) is 5.26 Å². The Kier molecular flexibility index (Phi) is 5.68. The van der Waals surface area contributed by atoms with Gasteiger partial charge in [0, 0.05) is 19.5 Å². The Bertz CT molecular complexity index is 170. The Hall–Kier alpha value is -0.590. The van der Waals surface area contributed by atoms with Crippen molar-refractivity contribution >= 4 is 0 Å². The molecule has 0 bridgehead atoms. The first-order valence-corrected chi connectivity index (χ1v) is 4.74. The number of nitriles is 1. The fourth-order valence-corrected chi connectivity index (χ4v) is 1.10. The highest BCUT2D eigenvalue weighted by Crippen LogP contribution is 2.20. The molecule has 0 saturated heterocycles. The van der Waals surface area contributed by atoms with Gasteiger partial charge in [-0.1, -0.05) is 13.8 Å². The summed E-state index contributed by atoms with van der Waals surface area (Å²) in [6.45, 7) is 7.48. The second kappa shape index (κ2) is 5.95. The van der Waals surface area contributed by atoms with Gasteiger partial charge in [0.25, 0.3) is 0 Å². The maximum absolute atomic E-state index is 9.01. The van der Waals surface area contributed by atoms with Crippen LogP contribution in [0.5, 0.6) is 0 Å². The predicted octanol–water partition coefficient (Wildman–Crippen LogP) is 1.29. The molecule has 1 atom stereocenters. The van der Waals surface area contributed by atoms with Crippen LogP contribution in [0, 0.1) is 16.7 Å². The SMILES string of the molecule is C[C@H](O)CNCC(C)(C)CCC#N. The minimum absolute atomic E-state index is 0.143. The van der Waals surface area contributed by atoms with Crippen LogP contribution >= 0.6 is 0 Å². The third-order valence-corrected chi connectivity index (χ3v) is 1.96. The fourth-order valence-electron chi connectivity index (χ4n) is 1.10. The number of hydrogen-bond donors (Lipinski definition) is 2. The van der Waals surface area contributed by atoms with E-state index in [0.717, 1.165) is 13.0 Å². The molecule has 0 fully saturated rings. The van der Waals surface area contributed by atoms with Gasteiger partial charge in [0.05, 0.1) is 12.2 Å². The van der Waals surface area contributed by atoms with Crippen molar-refractivity contribution in [2.45, 2.75) is 39.7 Å². The number of aliphatic hydroxyl groups is 1. The Balaban J connectivity index is 3.57. The molecule has 13 heavy (non-hydrogen) atoms. The molecule has 0 rings (SSSR count). The van der Waals surface area contributed by atoms with Gasteiger partial charge in [0.2, 0.25) is 0 Å². The topological polar surface area (TPSA) is 56.0 Å². The number of rotatable bonds is 6. The molecule has 0 aliphatic heterocycles. The lowest BCUT2D eigenvalue weighted by Crippen LogP contribution is -2.33. The summed E-state index contributed by atoms with van der Waals surface area (Å²) in [4.78, 5) is 0. The van der Waals surface area contributed by atoms with Crippen molar-refractivity contribution < 1.29 is 5.11 Å². The van der Waals surface area contributed by atoms with Crippen LogP contribution in [0.15, 0.2) is 0 Å². The van der Waals surface area contributed by atoms with Crippen molar-refractivity contribution in [3.8, 4) is 6.07 Å². The van der Waals surface area contributed by atoms with Crippen LogP contribution in [0.4, 0.5) is 0 Å². The third-order valence-electron chi connectivity index (χ3n) is 1.96. The molecule has 0 aromatic heterocycles. The van der Waals surface area contributed by atoms with E-state index < -0.39 is 0 Å². The van der Waals surface area contributed by atoms with Crippen molar-refractivity contribution in [3.63, 3.8) is 0 Å². The molecule has 0 saturated carbocycles. The highest BCUT2D eigenvalue weighted by atomic mass is 16.3. The van der Waals surface area contributed by atoms with Gasteiger partial charge in [-0.3, -0.25) is 0 Å². The van der Waals surface area contributed by atoms with Crippen LogP contribution in [-0.2, 0) is 0 Å². The Morgan fingerprint density at radius 2 is 2.15 bits per heavy atom. The van der Waals surface area contributed by atoms with E-state index in [4.69, 9.17) is 10.4 Å². The molecular formula is C10H20N2O. The molecule has 0 aliphatic carbocycles. The van der Waals surface area contributed by atoms with Crippen LogP contribution < -0.4 is 5.32 Å². The molecule has 0 amide bonds. The second-order valence-electron chi connectivity index (χ2n) is 4.30. The molecule has 0 aliphatic rings. The van der Waals surface area contributed by atoms with Gasteiger partial charge in [-0.15, -0.1) is 0 Å². The summed E-state index contributed by atoms with van der Waals surface area (Å²) < 4.78 is 0. The first kappa shape index (κ1) is 12.4. The Morgan fingerprint density at radius 3 is 2.62 bits per heavy atom. The van der Waals surface area contributed by atoms with E-state index in [9.17, 15) is 0 Å². The molecule has 0 unspecified atom stereocenters. The minimum Gasteiger partial charge on any atom is -0.392 e. The maximum Gasteiger partial charge on any atom is 0.0636 e. The summed E-state index contributed by atoms with van der Waals surface area (Å²) in [5.74, 6) is 0. The maximum atomic E-state index is 9.01. The van der Waals surface area contributed by atoms with Crippen molar-refractivity contribution in [3.05, 3.63) is 0 Å². The quantitative estimate of drug-likeness (QED) is 0.654. The first-order valence-electron chi connectivity index (χ1n) is 4.74. The second-order valence-corrected chi connectivity index (χ2v) is 4.30. The van der Waals surface area contributed by atoms with Gasteiger partial charge in [0.1, 0.15) is 0 Å². The molecule has 0 aromatic rings. The lowest BCUT2D eigenvalue weighted by atomic mass is 9.88. The normalized spacial score (nSPS) is 13.8. The van der Waals surface area contributed by atoms with E-state index in [-0.39, 0.29) is 11.5 Å². The largest absolute Gasteiger partial charge is 0.392 e. The Morgan fingerprint density at radius 1 is 1.54 bits per heavy atom. The third kappa shape index (κ3) is 7.76. The summed E-state index contributed by atoms with van der Waals surface area (Å²) in [6, 6.07) is 2.15. The fraction of sp³-hybridized carbons (Fsp3) is 0.900. The van der Waals surface area contributed by atoms with Gasteiger partial charge in [-0.05, 0) is 18.8 Å². The molecule has 0 heterocycles. The molecule has 3 heteroatoms. The molecule has 0 radical (unpaired) electrons. The van der Waals surface area contributed by atoms with Gasteiger partial charge < -0.3 is 10.4 Å². The van der Waals surface area contributed by atoms with Gasteiger partial charge in [0.15, 0.2) is 0 Å². The molecule has 0 spiro atoms. The van der Waals surface area contributed by atoms with E-state index in [1.54, 1.807) is 6.92 Å². The molecule has 3 nitrogen and oxygen atoms in total. The molecular weight excluding hydrogens is 164 g/mol. The van der Waals surface area contributed by atoms with Crippen molar-refractivity contribution in [2.75, 3.05) is 13.1 Å². The summed E-state index contributed by atoms with van der Waals surface area (Å²) in [5.41, 5.74) is 0.143. The van der Waals surface area contributed by atoms with Crippen LogP contribution in [0.2, 0.25) is 0 Å². The zero-order chi connectivity index (χ0) is 10.3. The minimum atomic E-state index is -0.299. The van der Waals surface area contributed by atoms with E-state index in [1.807, 2.05) is 0 Å². The molecule has 0 aromatic carbocycles. The number of hydrogen-bond acceptors (Lipinski definition) is 3. The lowest BCUT2D eigenvalue weighted by molar-refractivity contribution is 0.183. The lowest BCUT2D eigenvalue weighted by Gasteiger charge is -2.24. The zero-order valence-electron chi connectivity index (χ0n) is 8.80. The molecule has 76 valence electrons. The van der Waals surface area contributed by atoms with E-state index >= 15 is 0 Å². The van der Waals surface area contributed by atoms with Crippen LogP contribution in [-0.4, -0.2) is 24.3 Å². The van der Waals surface area contributed by atoms with E-state index in [1.165, 1.54) is 0 Å². The smallest absolute Gasteiger partial charge is 0.0636 e. The monoisotopic (exact) mass is 184 g/mol. The van der Waals surface area contributed by atoms with Crippen LogP contribution in [0.1, 0.15) is 33.6 Å².